The van der Waals surface area contributed by atoms with E-state index in [0.717, 1.165) is 0 Å². The predicted octanol–water partition coefficient (Wildman–Crippen LogP) is 2.50. The molecule has 1 aliphatic rings. The van der Waals surface area contributed by atoms with Crippen molar-refractivity contribution in [3.8, 4) is 5.75 Å². The van der Waals surface area contributed by atoms with Crippen LogP contribution in [0, 0.1) is 5.82 Å². The van der Waals surface area contributed by atoms with E-state index >= 15 is 0 Å². The molecule has 0 saturated carbocycles. The van der Waals surface area contributed by atoms with E-state index in [-0.39, 0.29) is 34.8 Å². The summed E-state index contributed by atoms with van der Waals surface area (Å²) in [6.07, 6.45) is -0.466. The van der Waals surface area contributed by atoms with Crippen LogP contribution in [0.3, 0.4) is 0 Å². The van der Waals surface area contributed by atoms with Crippen LogP contribution in [0.4, 0.5) is 10.2 Å². The fraction of sp³-hybridized carbons (Fsp3) is 0.278. The van der Waals surface area contributed by atoms with Crippen molar-refractivity contribution in [2.45, 2.75) is 26.0 Å². The molecule has 0 radical (unpaired) electrons. The van der Waals surface area contributed by atoms with Gasteiger partial charge in [-0.3, -0.25) is 9.89 Å². The zero-order chi connectivity index (χ0) is 19.1. The van der Waals surface area contributed by atoms with Crippen molar-refractivity contribution in [1.29, 1.82) is 0 Å². The molecule has 0 aliphatic carbocycles. The van der Waals surface area contributed by atoms with Crippen LogP contribution >= 0.6 is 0 Å². The molecule has 1 aliphatic heterocycles. The second-order valence-corrected chi connectivity index (χ2v) is 6.44. The summed E-state index contributed by atoms with van der Waals surface area (Å²) in [5.41, 5.74) is 0.599. The van der Waals surface area contributed by atoms with E-state index in [1.807, 2.05) is 6.92 Å². The maximum Gasteiger partial charge on any atom is 0.358 e. The van der Waals surface area contributed by atoms with Crippen LogP contribution in [0.25, 0.3) is 11.0 Å². The monoisotopic (exact) mass is 372 g/mol. The standard InChI is InChI=1S/C18H17FN4O4/c1-8-7-26-18(25)17-16-15(22-23-17)12(24)6-14(21-16)20-9(2)11-5-10(19)3-4-13(11)27-8/h3-6,8-9H,7H2,1-2H3,(H,22,23)(H2,20,21,24)/t8-,9+/m0/s1. The molecule has 2 aromatic heterocycles. The SMILES string of the molecule is C[C@H]1COC(=O)c2[nH]nc3c(=O)cc([nH]c23)N[C@H](C)c2cc(F)ccc2O1. The molecule has 0 fully saturated rings. The molecule has 9 heteroatoms. The first-order chi connectivity index (χ1) is 12.9. The lowest BCUT2D eigenvalue weighted by Gasteiger charge is -2.21. The minimum Gasteiger partial charge on any atom is -0.487 e. The Morgan fingerprint density at radius 2 is 2.04 bits per heavy atom. The summed E-state index contributed by atoms with van der Waals surface area (Å²) in [7, 11) is 0. The van der Waals surface area contributed by atoms with E-state index in [1.54, 1.807) is 6.92 Å². The molecule has 2 bridgehead atoms. The van der Waals surface area contributed by atoms with Crippen molar-refractivity contribution < 1.29 is 18.7 Å². The Bertz CT molecular complexity index is 1090. The quantitative estimate of drug-likeness (QED) is 0.523. The lowest BCUT2D eigenvalue weighted by molar-refractivity contribution is 0.0335. The number of anilines is 1. The summed E-state index contributed by atoms with van der Waals surface area (Å²) in [6.45, 7) is 3.52. The molecule has 3 N–H and O–H groups in total. The number of fused-ring (bicyclic) bond motifs is 2. The smallest absolute Gasteiger partial charge is 0.358 e. The van der Waals surface area contributed by atoms with Gasteiger partial charge in [-0.1, -0.05) is 0 Å². The van der Waals surface area contributed by atoms with Gasteiger partial charge in [0.05, 0.1) is 6.04 Å². The number of carbonyl (C=O) groups is 1. The van der Waals surface area contributed by atoms with Gasteiger partial charge < -0.3 is 19.8 Å². The van der Waals surface area contributed by atoms with Gasteiger partial charge in [0.25, 0.3) is 0 Å². The minimum absolute atomic E-state index is 0.0259. The average Bonchev–Trinajstić information content (AvgIpc) is 3.05. The summed E-state index contributed by atoms with van der Waals surface area (Å²) in [5.74, 6) is -0.247. The highest BCUT2D eigenvalue weighted by molar-refractivity contribution is 6.00. The highest BCUT2D eigenvalue weighted by Gasteiger charge is 2.22. The molecule has 0 unspecified atom stereocenters. The third-order valence-corrected chi connectivity index (χ3v) is 4.33. The van der Waals surface area contributed by atoms with Crippen molar-refractivity contribution in [3.63, 3.8) is 0 Å². The fourth-order valence-electron chi connectivity index (χ4n) is 3.03. The van der Waals surface area contributed by atoms with E-state index in [4.69, 9.17) is 9.47 Å². The first kappa shape index (κ1) is 17.1. The fourth-order valence-corrected chi connectivity index (χ4v) is 3.03. The Balaban J connectivity index is 1.86. The Hall–Kier alpha value is -3.36. The molecule has 3 heterocycles. The average molecular weight is 372 g/mol. The van der Waals surface area contributed by atoms with Gasteiger partial charge in [-0.15, -0.1) is 0 Å². The number of aromatic nitrogens is 3. The number of pyridine rings is 1. The maximum absolute atomic E-state index is 13.8. The molecule has 1 aromatic carbocycles. The topological polar surface area (TPSA) is 109 Å². The van der Waals surface area contributed by atoms with Crippen LogP contribution in [0.1, 0.15) is 35.9 Å². The number of nitrogens with one attached hydrogen (secondary N) is 3. The second kappa shape index (κ2) is 6.42. The molecule has 2 atom stereocenters. The number of ether oxygens (including phenoxy) is 2. The van der Waals surface area contributed by atoms with Crippen molar-refractivity contribution in [3.05, 3.63) is 51.6 Å². The molecule has 0 saturated heterocycles. The number of nitrogens with zero attached hydrogens (tertiary/aromatic N) is 1. The molecule has 8 nitrogen and oxygen atoms in total. The summed E-state index contributed by atoms with van der Waals surface area (Å²) < 4.78 is 24.9. The lowest BCUT2D eigenvalue weighted by atomic mass is 10.1. The van der Waals surface area contributed by atoms with E-state index in [2.05, 4.69) is 20.5 Å². The number of rotatable bonds is 0. The lowest BCUT2D eigenvalue weighted by Crippen LogP contribution is -2.23. The first-order valence-electron chi connectivity index (χ1n) is 8.43. The van der Waals surface area contributed by atoms with Crippen molar-refractivity contribution in [2.75, 3.05) is 11.9 Å². The van der Waals surface area contributed by atoms with Gasteiger partial charge in [-0.25, -0.2) is 9.18 Å². The number of H-pyrrole nitrogens is 2. The van der Waals surface area contributed by atoms with Gasteiger partial charge in [0.15, 0.2) is 11.2 Å². The van der Waals surface area contributed by atoms with Crippen molar-refractivity contribution >= 4 is 22.8 Å². The number of carbonyl (C=O) groups excluding carboxylic acids is 1. The van der Waals surface area contributed by atoms with Gasteiger partial charge in [0, 0.05) is 11.6 Å². The number of benzene rings is 1. The van der Waals surface area contributed by atoms with Crippen LogP contribution < -0.4 is 15.5 Å². The molecule has 4 rings (SSSR count). The molecule has 0 spiro atoms. The number of hydrogen-bond acceptors (Lipinski definition) is 6. The van der Waals surface area contributed by atoms with Gasteiger partial charge in [-0.05, 0) is 32.0 Å². The van der Waals surface area contributed by atoms with Crippen LogP contribution in [-0.2, 0) is 4.74 Å². The van der Waals surface area contributed by atoms with E-state index in [0.29, 0.717) is 17.1 Å². The summed E-state index contributed by atoms with van der Waals surface area (Å²) >= 11 is 0. The Morgan fingerprint density at radius 1 is 1.22 bits per heavy atom. The predicted molar refractivity (Wildman–Crippen MR) is 95.5 cm³/mol. The highest BCUT2D eigenvalue weighted by atomic mass is 19.1. The molecule has 140 valence electrons. The second-order valence-electron chi connectivity index (χ2n) is 6.44. The van der Waals surface area contributed by atoms with Crippen molar-refractivity contribution in [1.82, 2.24) is 15.2 Å². The Labute approximate surface area is 152 Å². The third-order valence-electron chi connectivity index (χ3n) is 4.33. The number of esters is 1. The summed E-state index contributed by atoms with van der Waals surface area (Å²) in [4.78, 5) is 27.7. The Morgan fingerprint density at radius 3 is 2.85 bits per heavy atom. The third kappa shape index (κ3) is 3.12. The van der Waals surface area contributed by atoms with Gasteiger partial charge in [-0.2, -0.15) is 5.10 Å². The minimum atomic E-state index is -0.660. The molecular weight excluding hydrogens is 355 g/mol. The number of hydrogen-bond donors (Lipinski definition) is 3. The number of aromatic amines is 2. The van der Waals surface area contributed by atoms with Crippen LogP contribution in [-0.4, -0.2) is 33.9 Å². The van der Waals surface area contributed by atoms with Crippen molar-refractivity contribution in [2.24, 2.45) is 0 Å². The molecule has 27 heavy (non-hydrogen) atoms. The van der Waals surface area contributed by atoms with Gasteiger partial charge in [0.2, 0.25) is 5.43 Å². The molecule has 3 aromatic rings. The van der Waals surface area contributed by atoms with Gasteiger partial charge >= 0.3 is 5.97 Å². The zero-order valence-corrected chi connectivity index (χ0v) is 14.6. The first-order valence-corrected chi connectivity index (χ1v) is 8.43. The van der Waals surface area contributed by atoms with Crippen LogP contribution in [0.15, 0.2) is 29.1 Å². The molecular formula is C18H17FN4O4. The normalized spacial score (nSPS) is 19.9. The Kier molecular flexibility index (Phi) is 4.06. The summed E-state index contributed by atoms with van der Waals surface area (Å²) in [5, 5.41) is 9.55. The number of halogens is 1. The maximum atomic E-state index is 13.8. The van der Waals surface area contributed by atoms with E-state index in [1.165, 1.54) is 24.3 Å². The highest BCUT2D eigenvalue weighted by Crippen LogP contribution is 2.29. The van der Waals surface area contributed by atoms with Crippen LogP contribution in [0.5, 0.6) is 5.75 Å². The zero-order valence-electron chi connectivity index (χ0n) is 14.6. The van der Waals surface area contributed by atoms with Gasteiger partial charge in [0.1, 0.15) is 35.6 Å². The van der Waals surface area contributed by atoms with Crippen LogP contribution in [0.2, 0.25) is 0 Å². The number of cyclic esters (lactones) is 1. The van der Waals surface area contributed by atoms with E-state index < -0.39 is 17.9 Å². The summed E-state index contributed by atoms with van der Waals surface area (Å²) in [6, 6.07) is 5.14. The largest absolute Gasteiger partial charge is 0.487 e. The molecule has 0 amide bonds. The van der Waals surface area contributed by atoms with E-state index in [9.17, 15) is 14.0 Å².